The Morgan fingerprint density at radius 3 is 1.70 bits per heavy atom. The van der Waals surface area contributed by atoms with Crippen LogP contribution in [0.25, 0.3) is 66.1 Å². The number of anilines is 3. The summed E-state index contributed by atoms with van der Waals surface area (Å²) < 4.78 is 6.40. The minimum atomic E-state index is -0.454. The van der Waals surface area contributed by atoms with E-state index in [2.05, 4.69) is 229 Å². The standard InChI is InChI=1S/C59H39NO/c1-3-19-43(20-4-1)59(44-21-5-2-6-22-44)52-28-12-9-26-51(52)58-48(27-16-29-53(58)59)41-33-36-45(37-34-41)60(55-31-15-18-40-17-7-8-23-46(40)55)54-30-13-10-24-47(54)42-35-38-50-49-25-11-14-32-56(49)61-57(50)39-42/h1-39H. The van der Waals surface area contributed by atoms with Gasteiger partial charge in [0, 0.05) is 27.4 Å². The van der Waals surface area contributed by atoms with Crippen LogP contribution < -0.4 is 4.90 Å². The maximum absolute atomic E-state index is 6.40. The van der Waals surface area contributed by atoms with E-state index in [9.17, 15) is 0 Å². The first-order chi connectivity index (χ1) is 30.3. The number of fused-ring (bicyclic) bond motifs is 7. The molecule has 2 heteroatoms. The van der Waals surface area contributed by atoms with Crippen LogP contribution in [0.4, 0.5) is 17.1 Å². The molecule has 12 rings (SSSR count). The highest BCUT2D eigenvalue weighted by Crippen LogP contribution is 2.58. The molecule has 1 heterocycles. The number of furan rings is 1. The molecule has 0 fully saturated rings. The van der Waals surface area contributed by atoms with Crippen molar-refractivity contribution in [1.82, 2.24) is 0 Å². The molecule has 1 aliphatic carbocycles. The number of para-hydroxylation sites is 2. The fraction of sp³-hybridized carbons (Fsp3) is 0.0169. The third-order valence-corrected chi connectivity index (χ3v) is 12.8. The van der Waals surface area contributed by atoms with Crippen LogP contribution in [0.3, 0.4) is 0 Å². The second kappa shape index (κ2) is 14.1. The molecule has 0 radical (unpaired) electrons. The predicted molar refractivity (Wildman–Crippen MR) is 254 cm³/mol. The molecule has 1 aliphatic rings. The van der Waals surface area contributed by atoms with Gasteiger partial charge in [0.2, 0.25) is 0 Å². The lowest BCUT2D eigenvalue weighted by Gasteiger charge is -2.34. The molecule has 0 saturated carbocycles. The van der Waals surface area contributed by atoms with Crippen molar-refractivity contribution in [3.8, 4) is 33.4 Å². The van der Waals surface area contributed by atoms with Crippen LogP contribution in [-0.2, 0) is 5.41 Å². The Labute approximate surface area is 355 Å². The molecule has 0 spiro atoms. The van der Waals surface area contributed by atoms with Crippen molar-refractivity contribution in [2.24, 2.45) is 0 Å². The summed E-state index contributed by atoms with van der Waals surface area (Å²) in [6.07, 6.45) is 0. The predicted octanol–water partition coefficient (Wildman–Crippen LogP) is 15.9. The molecule has 0 unspecified atom stereocenters. The van der Waals surface area contributed by atoms with Crippen LogP contribution in [-0.4, -0.2) is 0 Å². The normalized spacial score (nSPS) is 12.7. The molecule has 0 amide bonds. The summed E-state index contributed by atoms with van der Waals surface area (Å²) in [5.41, 5.74) is 17.0. The lowest BCUT2D eigenvalue weighted by Crippen LogP contribution is -2.28. The van der Waals surface area contributed by atoms with Crippen LogP contribution in [0.2, 0.25) is 0 Å². The van der Waals surface area contributed by atoms with Gasteiger partial charge in [0.1, 0.15) is 11.2 Å². The van der Waals surface area contributed by atoms with Crippen molar-refractivity contribution in [3.05, 3.63) is 259 Å². The second-order valence-electron chi connectivity index (χ2n) is 16.0. The largest absolute Gasteiger partial charge is 0.456 e. The first-order valence-corrected chi connectivity index (χ1v) is 21.0. The van der Waals surface area contributed by atoms with Gasteiger partial charge in [-0.25, -0.2) is 0 Å². The average molecular weight is 778 g/mol. The lowest BCUT2D eigenvalue weighted by atomic mass is 9.67. The Morgan fingerprint density at radius 2 is 0.902 bits per heavy atom. The zero-order chi connectivity index (χ0) is 40.3. The van der Waals surface area contributed by atoms with E-state index in [0.717, 1.165) is 50.1 Å². The summed E-state index contributed by atoms with van der Waals surface area (Å²) in [6, 6.07) is 86.0. The summed E-state index contributed by atoms with van der Waals surface area (Å²) in [6.45, 7) is 0. The fourth-order valence-electron chi connectivity index (χ4n) is 10.1. The molecule has 0 atom stereocenters. The number of benzene rings is 10. The molecule has 0 N–H and O–H groups in total. The quantitative estimate of drug-likeness (QED) is 0.160. The van der Waals surface area contributed by atoms with E-state index in [1.54, 1.807) is 0 Å². The summed E-state index contributed by atoms with van der Waals surface area (Å²) in [7, 11) is 0. The molecule has 2 nitrogen and oxygen atoms in total. The van der Waals surface area contributed by atoms with Gasteiger partial charge < -0.3 is 9.32 Å². The maximum atomic E-state index is 6.40. The van der Waals surface area contributed by atoms with Gasteiger partial charge in [-0.15, -0.1) is 0 Å². The second-order valence-corrected chi connectivity index (χ2v) is 16.0. The summed E-state index contributed by atoms with van der Waals surface area (Å²) in [4.78, 5) is 2.42. The highest BCUT2D eigenvalue weighted by molar-refractivity contribution is 6.07. The smallest absolute Gasteiger partial charge is 0.136 e. The van der Waals surface area contributed by atoms with Gasteiger partial charge in [0.15, 0.2) is 0 Å². The fourth-order valence-corrected chi connectivity index (χ4v) is 10.1. The first-order valence-electron chi connectivity index (χ1n) is 21.0. The van der Waals surface area contributed by atoms with Gasteiger partial charge in [0.05, 0.1) is 16.8 Å². The minimum Gasteiger partial charge on any atom is -0.456 e. The topological polar surface area (TPSA) is 16.4 Å². The molecule has 61 heavy (non-hydrogen) atoms. The van der Waals surface area contributed by atoms with Gasteiger partial charge in [-0.3, -0.25) is 0 Å². The Balaban J connectivity index is 1.04. The van der Waals surface area contributed by atoms with Crippen molar-refractivity contribution < 1.29 is 4.42 Å². The van der Waals surface area contributed by atoms with Gasteiger partial charge >= 0.3 is 0 Å². The molecule has 10 aromatic carbocycles. The van der Waals surface area contributed by atoms with Gasteiger partial charge in [0.25, 0.3) is 0 Å². The van der Waals surface area contributed by atoms with Gasteiger partial charge in [-0.2, -0.15) is 0 Å². The van der Waals surface area contributed by atoms with E-state index in [1.807, 2.05) is 12.1 Å². The number of hydrogen-bond acceptors (Lipinski definition) is 2. The number of rotatable bonds is 7. The summed E-state index contributed by atoms with van der Waals surface area (Å²) >= 11 is 0. The van der Waals surface area contributed by atoms with Crippen LogP contribution in [0.1, 0.15) is 22.3 Å². The van der Waals surface area contributed by atoms with Crippen LogP contribution in [0, 0.1) is 0 Å². The van der Waals surface area contributed by atoms with Crippen molar-refractivity contribution in [1.29, 1.82) is 0 Å². The Bertz CT molecular complexity index is 3370. The third kappa shape index (κ3) is 5.43. The van der Waals surface area contributed by atoms with E-state index in [-0.39, 0.29) is 0 Å². The lowest BCUT2D eigenvalue weighted by molar-refractivity contribution is 0.669. The Kier molecular flexibility index (Phi) is 8.11. The number of hydrogen-bond donors (Lipinski definition) is 0. The zero-order valence-electron chi connectivity index (χ0n) is 33.4. The Morgan fingerprint density at radius 1 is 0.344 bits per heavy atom. The van der Waals surface area contributed by atoms with Crippen LogP contribution >= 0.6 is 0 Å². The molecule has 1 aromatic heterocycles. The van der Waals surface area contributed by atoms with Crippen LogP contribution in [0.15, 0.2) is 241 Å². The average Bonchev–Trinajstić information content (AvgIpc) is 3.86. The molecule has 286 valence electrons. The first kappa shape index (κ1) is 35.0. The van der Waals surface area contributed by atoms with E-state index < -0.39 is 5.41 Å². The summed E-state index contributed by atoms with van der Waals surface area (Å²) in [5, 5.41) is 4.64. The van der Waals surface area contributed by atoms with Crippen molar-refractivity contribution >= 4 is 49.8 Å². The van der Waals surface area contributed by atoms with Crippen molar-refractivity contribution in [2.75, 3.05) is 4.90 Å². The Hall–Kier alpha value is -7.94. The number of nitrogens with zero attached hydrogens (tertiary/aromatic N) is 1. The van der Waals surface area contributed by atoms with Crippen molar-refractivity contribution in [3.63, 3.8) is 0 Å². The monoisotopic (exact) mass is 777 g/mol. The molecule has 0 aliphatic heterocycles. The highest BCUT2D eigenvalue weighted by atomic mass is 16.3. The molecular formula is C59H39NO. The molecule has 11 aromatic rings. The maximum Gasteiger partial charge on any atom is 0.136 e. The highest BCUT2D eigenvalue weighted by Gasteiger charge is 2.46. The summed E-state index contributed by atoms with van der Waals surface area (Å²) in [5.74, 6) is 0. The SMILES string of the molecule is c1ccc(C2(c3ccccc3)c3ccccc3-c3c(-c4ccc(N(c5ccccc5-c5ccc6c(c5)oc5ccccc56)c5cccc6ccccc56)cc4)cccc32)cc1. The molecule has 0 bridgehead atoms. The van der Waals surface area contributed by atoms with Gasteiger partial charge in [-0.05, 0) is 97.9 Å². The van der Waals surface area contributed by atoms with Crippen LogP contribution in [0.5, 0.6) is 0 Å². The van der Waals surface area contributed by atoms with Crippen molar-refractivity contribution in [2.45, 2.75) is 5.41 Å². The third-order valence-electron chi connectivity index (χ3n) is 12.8. The van der Waals surface area contributed by atoms with Gasteiger partial charge in [-0.1, -0.05) is 194 Å². The van der Waals surface area contributed by atoms with E-state index in [0.29, 0.717) is 0 Å². The van der Waals surface area contributed by atoms with E-state index in [1.165, 1.54) is 55.3 Å². The zero-order valence-corrected chi connectivity index (χ0v) is 33.4. The van der Waals surface area contributed by atoms with E-state index >= 15 is 0 Å². The van der Waals surface area contributed by atoms with E-state index in [4.69, 9.17) is 4.42 Å². The molecular weight excluding hydrogens is 739 g/mol. The minimum absolute atomic E-state index is 0.454. The molecule has 0 saturated heterocycles.